The number of piperidine rings is 1. The van der Waals surface area contributed by atoms with Crippen LogP contribution in [0.15, 0.2) is 41.4 Å². The van der Waals surface area contributed by atoms with E-state index in [0.29, 0.717) is 16.1 Å². The number of nitrogens with one attached hydrogen (secondary N) is 3. The maximum absolute atomic E-state index is 12.7. The first-order valence-corrected chi connectivity index (χ1v) is 14.2. The van der Waals surface area contributed by atoms with Gasteiger partial charge in [0.25, 0.3) is 11.8 Å². The molecule has 0 aliphatic carbocycles. The SMILES string of the molecule is O=C(NC(CNC(=O)c1cc2cc(CCC3CCNCC3)sc2s1)C(=O)O)C1=Nc2ccccc2C1=S. The van der Waals surface area contributed by atoms with E-state index < -0.39 is 17.9 Å². The zero-order valence-corrected chi connectivity index (χ0v) is 22.4. The lowest BCUT2D eigenvalue weighted by molar-refractivity contribution is -0.140. The third-order valence-corrected chi connectivity index (χ3v) is 9.49. The minimum absolute atomic E-state index is 0.00299. The number of thiocarbonyl (C=S) groups is 1. The maximum atomic E-state index is 12.7. The lowest BCUT2D eigenvalue weighted by atomic mass is 9.93. The minimum atomic E-state index is -1.33. The molecule has 1 atom stereocenters. The van der Waals surface area contributed by atoms with Gasteiger partial charge in [-0.05, 0) is 62.9 Å². The van der Waals surface area contributed by atoms with Gasteiger partial charge in [0.1, 0.15) is 11.8 Å². The fourth-order valence-electron chi connectivity index (χ4n) is 4.57. The van der Waals surface area contributed by atoms with Crippen molar-refractivity contribution in [1.82, 2.24) is 16.0 Å². The van der Waals surface area contributed by atoms with Crippen molar-refractivity contribution < 1.29 is 19.5 Å². The Morgan fingerprint density at radius 2 is 1.92 bits per heavy atom. The smallest absolute Gasteiger partial charge is 0.328 e. The number of carbonyl (C=O) groups is 3. The van der Waals surface area contributed by atoms with Gasteiger partial charge in [0.15, 0.2) is 0 Å². The van der Waals surface area contributed by atoms with Gasteiger partial charge in [-0.15, -0.1) is 22.7 Å². The van der Waals surface area contributed by atoms with Crippen LogP contribution in [0.4, 0.5) is 5.69 Å². The standard InChI is InChI=1S/C26H26N4O4S3/c31-23(20-12-15-11-16(36-26(15)37-20)6-5-14-7-9-27-10-8-14)28-13-19(25(33)34)30-24(32)21-22(35)17-3-1-2-4-18(17)29-21/h1-4,11-12,14,19,27H,5-10,13H2,(H,28,31)(H,30,32)(H,33,34). The first-order valence-electron chi connectivity index (χ1n) is 12.2. The molecule has 8 nitrogen and oxygen atoms in total. The first kappa shape index (κ1) is 25.7. The van der Waals surface area contributed by atoms with Gasteiger partial charge in [-0.1, -0.05) is 30.4 Å². The molecule has 37 heavy (non-hydrogen) atoms. The van der Waals surface area contributed by atoms with Gasteiger partial charge in [0, 0.05) is 22.4 Å². The Labute approximate surface area is 227 Å². The van der Waals surface area contributed by atoms with E-state index in [4.69, 9.17) is 12.2 Å². The van der Waals surface area contributed by atoms with E-state index in [-0.39, 0.29) is 23.0 Å². The number of carboxylic acids is 1. The number of aliphatic imine (C=N–C) groups is 1. The Bertz CT molecular complexity index is 1370. The number of rotatable bonds is 9. The molecule has 2 aliphatic rings. The van der Waals surface area contributed by atoms with Gasteiger partial charge in [-0.25, -0.2) is 9.79 Å². The highest BCUT2D eigenvalue weighted by Crippen LogP contribution is 2.35. The number of hydrogen-bond acceptors (Lipinski definition) is 8. The Hall–Kier alpha value is -2.99. The summed E-state index contributed by atoms with van der Waals surface area (Å²) in [5.74, 6) is -1.54. The van der Waals surface area contributed by atoms with Crippen molar-refractivity contribution in [1.29, 1.82) is 0 Å². The van der Waals surface area contributed by atoms with Gasteiger partial charge >= 0.3 is 5.97 Å². The molecular weight excluding hydrogens is 529 g/mol. The molecule has 4 heterocycles. The summed E-state index contributed by atoms with van der Waals surface area (Å²) < 4.78 is 1.08. The summed E-state index contributed by atoms with van der Waals surface area (Å²) in [6.45, 7) is 1.94. The molecule has 0 radical (unpaired) electrons. The van der Waals surface area contributed by atoms with Gasteiger partial charge in [0.2, 0.25) is 0 Å². The Kier molecular flexibility index (Phi) is 7.75. The fraction of sp³-hybridized carbons (Fsp3) is 0.346. The number of aryl methyl sites for hydroxylation is 1. The maximum Gasteiger partial charge on any atom is 0.328 e. The summed E-state index contributed by atoms with van der Waals surface area (Å²) in [6, 6.07) is 9.75. The predicted molar refractivity (Wildman–Crippen MR) is 151 cm³/mol. The van der Waals surface area contributed by atoms with E-state index in [9.17, 15) is 19.5 Å². The third-order valence-electron chi connectivity index (χ3n) is 6.63. The van der Waals surface area contributed by atoms with Crippen LogP contribution >= 0.6 is 34.9 Å². The highest BCUT2D eigenvalue weighted by Gasteiger charge is 2.30. The van der Waals surface area contributed by atoms with Gasteiger partial charge in [-0.3, -0.25) is 9.59 Å². The van der Waals surface area contributed by atoms with Gasteiger partial charge < -0.3 is 21.1 Å². The lowest BCUT2D eigenvalue weighted by Gasteiger charge is -2.22. The minimum Gasteiger partial charge on any atom is -0.480 e. The summed E-state index contributed by atoms with van der Waals surface area (Å²) in [7, 11) is 0. The van der Waals surface area contributed by atoms with Crippen molar-refractivity contribution in [3.8, 4) is 0 Å². The van der Waals surface area contributed by atoms with E-state index in [1.807, 2.05) is 6.07 Å². The molecule has 4 N–H and O–H groups in total. The fourth-order valence-corrected chi connectivity index (χ4v) is 7.30. The molecule has 1 saturated heterocycles. The zero-order chi connectivity index (χ0) is 25.9. The van der Waals surface area contributed by atoms with Crippen LogP contribution < -0.4 is 16.0 Å². The van der Waals surface area contributed by atoms with E-state index in [1.54, 1.807) is 35.6 Å². The highest BCUT2D eigenvalue weighted by molar-refractivity contribution is 7.83. The number of carboxylic acid groups (broad SMARTS) is 1. The van der Waals surface area contributed by atoms with E-state index in [2.05, 4.69) is 27.0 Å². The van der Waals surface area contributed by atoms with Crippen LogP contribution in [-0.2, 0) is 16.0 Å². The zero-order valence-electron chi connectivity index (χ0n) is 19.9. The number of para-hydroxylation sites is 1. The Balaban J connectivity index is 1.16. The molecule has 2 aromatic heterocycles. The molecule has 1 aromatic carbocycles. The van der Waals surface area contributed by atoms with Crippen molar-refractivity contribution in [3.05, 3.63) is 51.7 Å². The molecule has 192 valence electrons. The first-order chi connectivity index (χ1) is 17.9. The molecular formula is C26H26N4O4S3. The summed E-state index contributed by atoms with van der Waals surface area (Å²) in [5, 5.41) is 19.1. The van der Waals surface area contributed by atoms with Crippen molar-refractivity contribution in [2.45, 2.75) is 31.7 Å². The number of benzene rings is 1. The second kappa shape index (κ2) is 11.2. The largest absolute Gasteiger partial charge is 0.480 e. The number of aliphatic carboxylic acids is 1. The van der Waals surface area contributed by atoms with Crippen LogP contribution in [0.1, 0.15) is 39.4 Å². The molecule has 3 aromatic rings. The summed E-state index contributed by atoms with van der Waals surface area (Å²) in [5.41, 5.74) is 1.24. The van der Waals surface area contributed by atoms with E-state index in [1.165, 1.54) is 35.5 Å². The van der Waals surface area contributed by atoms with Crippen molar-refractivity contribution >= 4 is 78.3 Å². The lowest BCUT2D eigenvalue weighted by Crippen LogP contribution is -2.50. The predicted octanol–water partition coefficient (Wildman–Crippen LogP) is 3.70. The van der Waals surface area contributed by atoms with Crippen LogP contribution in [0.2, 0.25) is 0 Å². The normalized spacial score (nSPS) is 16.3. The molecule has 1 unspecified atom stereocenters. The van der Waals surface area contributed by atoms with E-state index >= 15 is 0 Å². The topological polar surface area (TPSA) is 120 Å². The summed E-state index contributed by atoms with van der Waals surface area (Å²) in [6.07, 6.45) is 4.71. The van der Waals surface area contributed by atoms with E-state index in [0.717, 1.165) is 34.8 Å². The van der Waals surface area contributed by atoms with Gasteiger partial charge in [-0.2, -0.15) is 0 Å². The highest BCUT2D eigenvalue weighted by atomic mass is 32.2. The van der Waals surface area contributed by atoms with Crippen LogP contribution in [0.25, 0.3) is 9.40 Å². The molecule has 1 fully saturated rings. The number of fused-ring (bicyclic) bond motifs is 2. The van der Waals surface area contributed by atoms with Crippen LogP contribution in [-0.4, -0.2) is 59.1 Å². The molecule has 5 rings (SSSR count). The molecule has 2 aliphatic heterocycles. The van der Waals surface area contributed by atoms with Crippen LogP contribution in [0.5, 0.6) is 0 Å². The Morgan fingerprint density at radius 3 is 2.65 bits per heavy atom. The average Bonchev–Trinajstić information content (AvgIpc) is 3.57. The number of carbonyl (C=O) groups excluding carboxylic acids is 2. The number of nitrogens with zero attached hydrogens (tertiary/aromatic N) is 1. The van der Waals surface area contributed by atoms with Crippen LogP contribution in [0.3, 0.4) is 0 Å². The molecule has 0 spiro atoms. The molecule has 0 bridgehead atoms. The quantitative estimate of drug-likeness (QED) is 0.300. The monoisotopic (exact) mass is 554 g/mol. The second-order valence-electron chi connectivity index (χ2n) is 9.18. The molecule has 2 amide bonds. The van der Waals surface area contributed by atoms with Crippen molar-refractivity contribution in [2.24, 2.45) is 10.9 Å². The number of hydrogen-bond donors (Lipinski definition) is 4. The van der Waals surface area contributed by atoms with Crippen molar-refractivity contribution in [3.63, 3.8) is 0 Å². The average molecular weight is 555 g/mol. The molecule has 0 saturated carbocycles. The van der Waals surface area contributed by atoms with Crippen LogP contribution in [0, 0.1) is 5.92 Å². The second-order valence-corrected chi connectivity index (χ2v) is 12.0. The summed E-state index contributed by atoms with van der Waals surface area (Å²) >= 11 is 8.45. The third kappa shape index (κ3) is 5.80. The Morgan fingerprint density at radius 1 is 1.14 bits per heavy atom. The number of amides is 2. The molecule has 11 heteroatoms. The van der Waals surface area contributed by atoms with Crippen molar-refractivity contribution in [2.75, 3.05) is 19.6 Å². The summed E-state index contributed by atoms with van der Waals surface area (Å²) in [4.78, 5) is 43.6. The van der Waals surface area contributed by atoms with Gasteiger partial charge in [0.05, 0.1) is 19.4 Å². The number of thiophene rings is 2.